The van der Waals surface area contributed by atoms with E-state index in [1.807, 2.05) is 0 Å². The van der Waals surface area contributed by atoms with Crippen LogP contribution in [-0.4, -0.2) is 14.8 Å². The van der Waals surface area contributed by atoms with Gasteiger partial charge in [-0.1, -0.05) is 0 Å². The van der Waals surface area contributed by atoms with E-state index in [0.29, 0.717) is 0 Å². The number of halogens is 2. The van der Waals surface area contributed by atoms with E-state index >= 15 is 0 Å². The van der Waals surface area contributed by atoms with E-state index in [4.69, 9.17) is 18.0 Å². The van der Waals surface area contributed by atoms with Gasteiger partial charge in [-0.15, -0.1) is 5.10 Å². The van der Waals surface area contributed by atoms with Gasteiger partial charge in [0.1, 0.15) is 11.6 Å². The van der Waals surface area contributed by atoms with Gasteiger partial charge in [0, 0.05) is 5.56 Å². The first-order valence-corrected chi connectivity index (χ1v) is 4.83. The molecule has 16 heavy (non-hydrogen) atoms. The van der Waals surface area contributed by atoms with Crippen molar-refractivity contribution < 1.29 is 8.78 Å². The molecule has 0 bridgehead atoms. The van der Waals surface area contributed by atoms with Gasteiger partial charge in [0.2, 0.25) is 5.95 Å². The highest BCUT2D eigenvalue weighted by Gasteiger charge is 2.08. The SMILES string of the molecule is Nc1n[nH]c(=S)n1Cc1cc(F)ccc1F. The third-order valence-corrected chi connectivity index (χ3v) is 2.44. The van der Waals surface area contributed by atoms with Crippen molar-refractivity contribution in [3.05, 3.63) is 40.2 Å². The first-order chi connectivity index (χ1) is 7.58. The Hall–Kier alpha value is -1.76. The van der Waals surface area contributed by atoms with Crippen LogP contribution in [0.4, 0.5) is 14.7 Å². The maximum atomic E-state index is 13.3. The summed E-state index contributed by atoms with van der Waals surface area (Å²) in [7, 11) is 0. The number of nitrogens with one attached hydrogen (secondary N) is 1. The summed E-state index contributed by atoms with van der Waals surface area (Å²) in [6.45, 7) is 0.0464. The van der Waals surface area contributed by atoms with Crippen molar-refractivity contribution in [3.8, 4) is 0 Å². The number of hydrogen-bond donors (Lipinski definition) is 2. The summed E-state index contributed by atoms with van der Waals surface area (Å²) in [4.78, 5) is 0. The molecule has 0 amide bonds. The van der Waals surface area contributed by atoms with Gasteiger partial charge in [-0.2, -0.15) is 0 Å². The van der Waals surface area contributed by atoms with E-state index in [1.165, 1.54) is 4.57 Å². The smallest absolute Gasteiger partial charge is 0.220 e. The van der Waals surface area contributed by atoms with Crippen molar-refractivity contribution in [2.75, 3.05) is 5.73 Å². The summed E-state index contributed by atoms with van der Waals surface area (Å²) >= 11 is 4.90. The van der Waals surface area contributed by atoms with Crippen molar-refractivity contribution in [2.45, 2.75) is 6.54 Å². The monoisotopic (exact) mass is 242 g/mol. The molecule has 0 atom stereocenters. The molecule has 3 N–H and O–H groups in total. The lowest BCUT2D eigenvalue weighted by atomic mass is 10.2. The lowest BCUT2D eigenvalue weighted by Gasteiger charge is -2.05. The summed E-state index contributed by atoms with van der Waals surface area (Å²) in [5.74, 6) is -0.887. The molecule has 0 radical (unpaired) electrons. The highest BCUT2D eigenvalue weighted by atomic mass is 32.1. The fourth-order valence-electron chi connectivity index (χ4n) is 1.32. The lowest BCUT2D eigenvalue weighted by molar-refractivity contribution is 0.577. The first-order valence-electron chi connectivity index (χ1n) is 4.42. The van der Waals surface area contributed by atoms with Crippen LogP contribution >= 0.6 is 12.2 Å². The van der Waals surface area contributed by atoms with Crippen molar-refractivity contribution in [1.82, 2.24) is 14.8 Å². The number of nitrogen functional groups attached to an aromatic ring is 1. The Morgan fingerprint density at radius 1 is 1.44 bits per heavy atom. The Kier molecular flexibility index (Phi) is 2.69. The van der Waals surface area contributed by atoms with Gasteiger partial charge in [-0.05, 0) is 30.4 Å². The van der Waals surface area contributed by atoms with Crippen LogP contribution in [0.15, 0.2) is 18.2 Å². The number of aromatic nitrogens is 3. The maximum absolute atomic E-state index is 13.3. The van der Waals surface area contributed by atoms with Crippen LogP contribution in [0.1, 0.15) is 5.56 Å². The van der Waals surface area contributed by atoms with E-state index in [0.717, 1.165) is 18.2 Å². The Morgan fingerprint density at radius 3 is 2.81 bits per heavy atom. The fraction of sp³-hybridized carbons (Fsp3) is 0.111. The molecule has 0 unspecified atom stereocenters. The molecule has 4 nitrogen and oxygen atoms in total. The first kappa shape index (κ1) is 10.7. The molecular weight excluding hydrogens is 234 g/mol. The Bertz CT molecular complexity index is 575. The minimum Gasteiger partial charge on any atom is -0.368 e. The molecule has 0 spiro atoms. The Labute approximate surface area is 94.7 Å². The second-order valence-corrected chi connectivity index (χ2v) is 3.60. The van der Waals surface area contributed by atoms with Crippen LogP contribution < -0.4 is 5.73 Å². The number of hydrogen-bond acceptors (Lipinski definition) is 3. The average Bonchev–Trinajstić information content (AvgIpc) is 2.55. The number of nitrogens with zero attached hydrogens (tertiary/aromatic N) is 2. The molecule has 0 aliphatic rings. The van der Waals surface area contributed by atoms with Crippen LogP contribution in [0, 0.1) is 16.4 Å². The molecule has 84 valence electrons. The minimum absolute atomic E-state index is 0.0464. The van der Waals surface area contributed by atoms with E-state index in [9.17, 15) is 8.78 Å². The summed E-state index contributed by atoms with van der Waals surface area (Å²) in [5, 5.41) is 6.14. The largest absolute Gasteiger partial charge is 0.368 e. The average molecular weight is 242 g/mol. The molecule has 0 aliphatic carbocycles. The number of benzene rings is 1. The second kappa shape index (κ2) is 4.01. The van der Waals surface area contributed by atoms with Gasteiger partial charge >= 0.3 is 0 Å². The van der Waals surface area contributed by atoms with Gasteiger partial charge in [0.25, 0.3) is 0 Å². The van der Waals surface area contributed by atoms with Gasteiger partial charge in [0.15, 0.2) is 4.77 Å². The predicted molar refractivity (Wildman–Crippen MR) is 57.3 cm³/mol. The van der Waals surface area contributed by atoms with Crippen LogP contribution in [0.2, 0.25) is 0 Å². The molecule has 0 aliphatic heterocycles. The van der Waals surface area contributed by atoms with Gasteiger partial charge in [-0.3, -0.25) is 4.57 Å². The van der Waals surface area contributed by atoms with Gasteiger partial charge in [-0.25, -0.2) is 13.9 Å². The zero-order chi connectivity index (χ0) is 11.7. The molecule has 2 rings (SSSR count). The summed E-state index contributed by atoms with van der Waals surface area (Å²) in [5.41, 5.74) is 5.69. The highest BCUT2D eigenvalue weighted by Crippen LogP contribution is 2.13. The standard InChI is InChI=1S/C9H8F2N4S/c10-6-1-2-7(11)5(3-6)4-15-8(12)13-14-9(15)16/h1-3H,4H2,(H2,12,13)(H,14,16). The lowest BCUT2D eigenvalue weighted by Crippen LogP contribution is -2.06. The summed E-state index contributed by atoms with van der Waals surface area (Å²) < 4.78 is 27.9. The molecule has 0 saturated heterocycles. The Morgan fingerprint density at radius 2 is 2.19 bits per heavy atom. The molecule has 0 saturated carbocycles. The zero-order valence-electron chi connectivity index (χ0n) is 8.08. The van der Waals surface area contributed by atoms with E-state index in [-0.39, 0.29) is 22.8 Å². The number of aromatic amines is 1. The number of H-pyrrole nitrogens is 1. The topological polar surface area (TPSA) is 59.6 Å². The third-order valence-electron chi connectivity index (χ3n) is 2.12. The van der Waals surface area contributed by atoms with Crippen molar-refractivity contribution >= 4 is 18.2 Å². The predicted octanol–water partition coefficient (Wildman–Crippen LogP) is 1.85. The second-order valence-electron chi connectivity index (χ2n) is 3.21. The van der Waals surface area contributed by atoms with Gasteiger partial charge in [0.05, 0.1) is 6.54 Å². The van der Waals surface area contributed by atoms with Crippen molar-refractivity contribution in [3.63, 3.8) is 0 Å². The molecule has 7 heteroatoms. The molecule has 1 aromatic carbocycles. The normalized spacial score (nSPS) is 10.6. The third kappa shape index (κ3) is 1.94. The summed E-state index contributed by atoms with van der Waals surface area (Å²) in [6, 6.07) is 3.21. The van der Waals surface area contributed by atoms with E-state index in [2.05, 4.69) is 10.2 Å². The van der Waals surface area contributed by atoms with Crippen LogP contribution in [0.3, 0.4) is 0 Å². The highest BCUT2D eigenvalue weighted by molar-refractivity contribution is 7.71. The molecular formula is C9H8F2N4S. The zero-order valence-corrected chi connectivity index (χ0v) is 8.89. The Balaban J connectivity index is 2.41. The van der Waals surface area contributed by atoms with Crippen molar-refractivity contribution in [1.29, 1.82) is 0 Å². The fourth-order valence-corrected chi connectivity index (χ4v) is 1.52. The molecule has 2 aromatic rings. The van der Waals surface area contributed by atoms with E-state index < -0.39 is 11.6 Å². The molecule has 1 aromatic heterocycles. The van der Waals surface area contributed by atoms with Crippen molar-refractivity contribution in [2.24, 2.45) is 0 Å². The number of nitrogens with two attached hydrogens (primary N) is 1. The van der Waals surface area contributed by atoms with E-state index in [1.54, 1.807) is 0 Å². The summed E-state index contributed by atoms with van der Waals surface area (Å²) in [6.07, 6.45) is 0. The van der Waals surface area contributed by atoms with Crippen LogP contribution in [-0.2, 0) is 6.54 Å². The molecule has 1 heterocycles. The number of rotatable bonds is 2. The quantitative estimate of drug-likeness (QED) is 0.790. The minimum atomic E-state index is -0.510. The van der Waals surface area contributed by atoms with Crippen LogP contribution in [0.25, 0.3) is 0 Å². The maximum Gasteiger partial charge on any atom is 0.220 e. The van der Waals surface area contributed by atoms with Crippen LogP contribution in [0.5, 0.6) is 0 Å². The molecule has 0 fully saturated rings. The number of anilines is 1. The van der Waals surface area contributed by atoms with Gasteiger partial charge < -0.3 is 5.73 Å².